The van der Waals surface area contributed by atoms with Crippen LogP contribution >= 0.6 is 0 Å². The average molecular weight is 183 g/mol. The maximum atomic E-state index is 11.2. The van der Waals surface area contributed by atoms with E-state index < -0.39 is 0 Å². The van der Waals surface area contributed by atoms with Crippen molar-refractivity contribution in [3.8, 4) is 0 Å². The van der Waals surface area contributed by atoms with Gasteiger partial charge in [-0.3, -0.25) is 9.89 Å². The van der Waals surface area contributed by atoms with E-state index >= 15 is 0 Å². The highest BCUT2D eigenvalue weighted by Gasteiger charge is 2.09. The van der Waals surface area contributed by atoms with E-state index in [0.29, 0.717) is 6.54 Å². The van der Waals surface area contributed by atoms with Gasteiger partial charge in [-0.15, -0.1) is 0 Å². The van der Waals surface area contributed by atoms with Gasteiger partial charge in [-0.1, -0.05) is 0 Å². The minimum Gasteiger partial charge on any atom is -0.341 e. The number of nitrogens with one attached hydrogen (secondary N) is 2. The number of anilines is 1. The van der Waals surface area contributed by atoms with Crippen molar-refractivity contribution in [1.29, 1.82) is 0 Å². The van der Waals surface area contributed by atoms with Crippen molar-refractivity contribution in [1.82, 2.24) is 10.2 Å². The fourth-order valence-electron chi connectivity index (χ4n) is 1.11. The molecule has 0 spiro atoms. The summed E-state index contributed by atoms with van der Waals surface area (Å²) in [4.78, 5) is 11.2. The van der Waals surface area contributed by atoms with Gasteiger partial charge in [0.2, 0.25) is 0 Å². The first-order chi connectivity index (χ1) is 6.15. The number of rotatable bonds is 3. The molecule has 4 N–H and O–H groups in total. The van der Waals surface area contributed by atoms with Crippen LogP contribution in [0.4, 0.5) is 5.69 Å². The number of aromatic nitrogens is 2. The summed E-state index contributed by atoms with van der Waals surface area (Å²) in [6.07, 6.45) is 0. The Morgan fingerprint density at radius 2 is 2.31 bits per heavy atom. The fourth-order valence-corrected chi connectivity index (χ4v) is 1.11. The highest BCUT2D eigenvalue weighted by molar-refractivity contribution is 5.92. The quantitative estimate of drug-likeness (QED) is 0.571. The van der Waals surface area contributed by atoms with Crippen molar-refractivity contribution < 1.29 is 10.1 Å². The largest absolute Gasteiger partial charge is 0.341 e. The van der Waals surface area contributed by atoms with Crippen molar-refractivity contribution in [2.75, 3.05) is 18.9 Å². The number of nitrogens with zero attached hydrogens (tertiary/aromatic N) is 1. The smallest absolute Gasteiger partial charge is 0.279 e. The fraction of sp³-hybridized carbons (Fsp3) is 0.500. The summed E-state index contributed by atoms with van der Waals surface area (Å²) in [6, 6.07) is 0. The number of hydrogen-bond acceptors (Lipinski definition) is 2. The Bertz CT molecular complexity index is 286. The first-order valence-corrected chi connectivity index (χ1v) is 4.24. The maximum absolute atomic E-state index is 11.2. The number of likely N-dealkylation sites (N-methyl/N-ethyl adjacent to an activating group) is 1. The number of amides is 1. The van der Waals surface area contributed by atoms with Gasteiger partial charge in [0.1, 0.15) is 0 Å². The first-order valence-electron chi connectivity index (χ1n) is 4.24. The zero-order valence-corrected chi connectivity index (χ0v) is 8.14. The van der Waals surface area contributed by atoms with Crippen molar-refractivity contribution in [2.24, 2.45) is 0 Å². The predicted octanol–water partition coefficient (Wildman–Crippen LogP) is -0.842. The van der Waals surface area contributed by atoms with Gasteiger partial charge >= 0.3 is 0 Å². The van der Waals surface area contributed by atoms with E-state index in [9.17, 15) is 4.79 Å². The molecule has 13 heavy (non-hydrogen) atoms. The molecule has 5 nitrogen and oxygen atoms in total. The van der Waals surface area contributed by atoms with E-state index in [1.807, 2.05) is 26.2 Å². The number of carbonyl (C=O) groups is 1. The third kappa shape index (κ3) is 2.29. The topological polar surface area (TPSA) is 74.4 Å². The van der Waals surface area contributed by atoms with Crippen LogP contribution in [0.1, 0.15) is 11.4 Å². The lowest BCUT2D eigenvalue weighted by molar-refractivity contribution is -0.615. The highest BCUT2D eigenvalue weighted by Crippen LogP contribution is 2.15. The molecule has 0 aliphatic carbocycles. The molecule has 0 aromatic carbocycles. The van der Waals surface area contributed by atoms with Crippen LogP contribution in [0, 0.1) is 13.8 Å². The van der Waals surface area contributed by atoms with Gasteiger partial charge in [-0.2, -0.15) is 5.10 Å². The molecule has 1 heterocycles. The van der Waals surface area contributed by atoms with E-state index in [-0.39, 0.29) is 5.91 Å². The molecule has 0 aliphatic heterocycles. The SMILES string of the molecule is C[NH2+]CC(=O)Nc1c(C)n[nH]c1C. The van der Waals surface area contributed by atoms with E-state index in [2.05, 4.69) is 15.5 Å². The molecule has 0 unspecified atom stereocenters. The number of aryl methyl sites for hydroxylation is 2. The van der Waals surface area contributed by atoms with Crippen LogP contribution in [0.5, 0.6) is 0 Å². The Balaban J connectivity index is 2.68. The Morgan fingerprint density at radius 3 is 2.77 bits per heavy atom. The normalized spacial score (nSPS) is 10.1. The molecule has 1 rings (SSSR count). The van der Waals surface area contributed by atoms with Crippen LogP contribution in [0.25, 0.3) is 0 Å². The van der Waals surface area contributed by atoms with Crippen LogP contribution in [0.2, 0.25) is 0 Å². The molecular formula is C8H15N4O+. The minimum atomic E-state index is -0.00454. The zero-order valence-electron chi connectivity index (χ0n) is 8.14. The molecule has 72 valence electrons. The van der Waals surface area contributed by atoms with Gasteiger partial charge in [0.15, 0.2) is 6.54 Å². The van der Waals surface area contributed by atoms with E-state index in [0.717, 1.165) is 17.1 Å². The predicted molar refractivity (Wildman–Crippen MR) is 49.4 cm³/mol. The second-order valence-electron chi connectivity index (χ2n) is 2.97. The molecule has 0 bridgehead atoms. The highest BCUT2D eigenvalue weighted by atomic mass is 16.1. The number of aromatic amines is 1. The van der Waals surface area contributed by atoms with E-state index in [1.165, 1.54) is 0 Å². The summed E-state index contributed by atoms with van der Waals surface area (Å²) in [6.45, 7) is 4.17. The molecule has 0 atom stereocenters. The summed E-state index contributed by atoms with van der Waals surface area (Å²) in [5.74, 6) is -0.00454. The van der Waals surface area contributed by atoms with Crippen LogP contribution < -0.4 is 10.6 Å². The lowest BCUT2D eigenvalue weighted by Crippen LogP contribution is -2.82. The summed E-state index contributed by atoms with van der Waals surface area (Å²) in [7, 11) is 1.86. The third-order valence-electron chi connectivity index (χ3n) is 1.78. The van der Waals surface area contributed by atoms with Gasteiger partial charge in [-0.25, -0.2) is 0 Å². The molecular weight excluding hydrogens is 168 g/mol. The van der Waals surface area contributed by atoms with Gasteiger partial charge in [-0.05, 0) is 13.8 Å². The van der Waals surface area contributed by atoms with Crippen LogP contribution in [-0.2, 0) is 4.79 Å². The Morgan fingerprint density at radius 1 is 1.62 bits per heavy atom. The molecule has 1 amide bonds. The maximum Gasteiger partial charge on any atom is 0.279 e. The van der Waals surface area contributed by atoms with Crippen molar-refractivity contribution in [3.05, 3.63) is 11.4 Å². The molecule has 0 fully saturated rings. The second-order valence-corrected chi connectivity index (χ2v) is 2.97. The van der Waals surface area contributed by atoms with Crippen molar-refractivity contribution in [2.45, 2.75) is 13.8 Å². The molecule has 1 aromatic heterocycles. The van der Waals surface area contributed by atoms with Crippen molar-refractivity contribution >= 4 is 11.6 Å². The summed E-state index contributed by atoms with van der Waals surface area (Å²) in [5.41, 5.74) is 2.51. The van der Waals surface area contributed by atoms with Gasteiger partial charge in [0, 0.05) is 0 Å². The standard InChI is InChI=1S/C8H14N4O/c1-5-8(6(2)12-11-5)10-7(13)4-9-3/h9H,4H2,1-3H3,(H,10,13)(H,11,12)/p+1. The number of nitrogens with two attached hydrogens (primary N) is 1. The molecule has 0 saturated heterocycles. The van der Waals surface area contributed by atoms with Gasteiger partial charge in [0.25, 0.3) is 5.91 Å². The Kier molecular flexibility index (Phi) is 3.02. The summed E-state index contributed by atoms with van der Waals surface area (Å²) in [5, 5.41) is 11.4. The van der Waals surface area contributed by atoms with E-state index in [4.69, 9.17) is 0 Å². The van der Waals surface area contributed by atoms with Crippen molar-refractivity contribution in [3.63, 3.8) is 0 Å². The van der Waals surface area contributed by atoms with Crippen LogP contribution in [-0.4, -0.2) is 29.7 Å². The summed E-state index contributed by atoms with van der Waals surface area (Å²) < 4.78 is 0. The lowest BCUT2D eigenvalue weighted by atomic mass is 10.3. The Labute approximate surface area is 76.9 Å². The monoisotopic (exact) mass is 183 g/mol. The first kappa shape index (κ1) is 9.73. The number of hydrogen-bond donors (Lipinski definition) is 3. The number of H-pyrrole nitrogens is 1. The van der Waals surface area contributed by atoms with Crippen LogP contribution in [0.15, 0.2) is 0 Å². The molecule has 0 saturated carbocycles. The van der Waals surface area contributed by atoms with Gasteiger partial charge in [0.05, 0.1) is 24.1 Å². The summed E-state index contributed by atoms with van der Waals surface area (Å²) >= 11 is 0. The van der Waals surface area contributed by atoms with Gasteiger partial charge < -0.3 is 10.6 Å². The minimum absolute atomic E-state index is 0.00454. The third-order valence-corrected chi connectivity index (χ3v) is 1.78. The van der Waals surface area contributed by atoms with Crippen LogP contribution in [0.3, 0.4) is 0 Å². The average Bonchev–Trinajstić information content (AvgIpc) is 2.36. The van der Waals surface area contributed by atoms with E-state index in [1.54, 1.807) is 0 Å². The Hall–Kier alpha value is -1.36. The molecule has 1 aromatic rings. The number of quaternary nitrogens is 1. The zero-order chi connectivity index (χ0) is 9.84. The second kappa shape index (κ2) is 4.04. The lowest BCUT2D eigenvalue weighted by Gasteiger charge is -2.02. The molecule has 5 heteroatoms. The number of carbonyl (C=O) groups excluding carboxylic acids is 1. The molecule has 0 radical (unpaired) electrons. The molecule has 0 aliphatic rings.